The lowest BCUT2D eigenvalue weighted by Gasteiger charge is -2.08. The highest BCUT2D eigenvalue weighted by atomic mass is 79.9. The van der Waals surface area contributed by atoms with Crippen molar-refractivity contribution in [3.8, 4) is 16.9 Å². The fraction of sp³-hybridized carbons (Fsp3) is 0.0714. The van der Waals surface area contributed by atoms with Gasteiger partial charge in [-0.05, 0) is 28.1 Å². The minimum absolute atomic E-state index is 0.864. The molecule has 0 aliphatic rings. The molecule has 0 bridgehead atoms. The van der Waals surface area contributed by atoms with Crippen LogP contribution in [0.3, 0.4) is 0 Å². The van der Waals surface area contributed by atoms with Crippen LogP contribution in [-0.2, 0) is 0 Å². The summed E-state index contributed by atoms with van der Waals surface area (Å²) in [7, 11) is 1.68. The molecular formula is C14H11BrN2O. The summed E-state index contributed by atoms with van der Waals surface area (Å²) >= 11 is 3.47. The molecule has 0 amide bonds. The van der Waals surface area contributed by atoms with E-state index in [2.05, 4.69) is 27.1 Å². The van der Waals surface area contributed by atoms with Crippen molar-refractivity contribution in [3.05, 3.63) is 53.3 Å². The summed E-state index contributed by atoms with van der Waals surface area (Å²) in [4.78, 5) is 0. The zero-order valence-electron chi connectivity index (χ0n) is 9.80. The molecule has 90 valence electrons. The van der Waals surface area contributed by atoms with Crippen LogP contribution in [0.5, 0.6) is 5.75 Å². The average Bonchev–Trinajstić information content (AvgIpc) is 2.80. The van der Waals surface area contributed by atoms with Gasteiger partial charge in [-0.2, -0.15) is 5.10 Å². The van der Waals surface area contributed by atoms with Gasteiger partial charge in [-0.25, -0.2) is 4.52 Å². The number of pyridine rings is 1. The Morgan fingerprint density at radius 1 is 1.17 bits per heavy atom. The molecule has 3 aromatic rings. The maximum Gasteiger partial charge on any atom is 0.126 e. The normalized spacial score (nSPS) is 10.8. The standard InChI is InChI=1S/C14H11BrN2O/c1-18-14-5-3-2-4-11(14)10-6-7-13-12(15)8-16-17(13)9-10/h2-9H,1H3. The topological polar surface area (TPSA) is 26.5 Å². The highest BCUT2D eigenvalue weighted by Gasteiger charge is 2.07. The molecule has 0 aliphatic heterocycles. The molecule has 0 unspecified atom stereocenters. The van der Waals surface area contributed by atoms with Crippen LogP contribution in [0.4, 0.5) is 0 Å². The van der Waals surface area contributed by atoms with Crippen LogP contribution in [-0.4, -0.2) is 16.7 Å². The molecule has 2 heterocycles. The summed E-state index contributed by atoms with van der Waals surface area (Å²) in [5, 5.41) is 4.29. The van der Waals surface area contributed by atoms with Crippen molar-refractivity contribution >= 4 is 21.4 Å². The molecule has 18 heavy (non-hydrogen) atoms. The molecule has 0 radical (unpaired) electrons. The van der Waals surface area contributed by atoms with Crippen LogP contribution in [0, 0.1) is 0 Å². The van der Waals surface area contributed by atoms with Gasteiger partial charge in [0.1, 0.15) is 5.75 Å². The van der Waals surface area contributed by atoms with E-state index < -0.39 is 0 Å². The van der Waals surface area contributed by atoms with E-state index in [1.165, 1.54) is 0 Å². The summed E-state index contributed by atoms with van der Waals surface area (Å²) in [6.45, 7) is 0. The molecule has 0 saturated heterocycles. The number of fused-ring (bicyclic) bond motifs is 1. The predicted molar refractivity (Wildman–Crippen MR) is 74.9 cm³/mol. The monoisotopic (exact) mass is 302 g/mol. The van der Waals surface area contributed by atoms with Crippen LogP contribution in [0.25, 0.3) is 16.6 Å². The van der Waals surface area contributed by atoms with Crippen LogP contribution < -0.4 is 4.74 Å². The quantitative estimate of drug-likeness (QED) is 0.720. The van der Waals surface area contributed by atoms with Crippen molar-refractivity contribution in [1.29, 1.82) is 0 Å². The summed E-state index contributed by atoms with van der Waals surface area (Å²) in [5.74, 6) is 0.864. The lowest BCUT2D eigenvalue weighted by molar-refractivity contribution is 0.416. The van der Waals surface area contributed by atoms with Gasteiger partial charge in [-0.15, -0.1) is 0 Å². The maximum atomic E-state index is 5.38. The van der Waals surface area contributed by atoms with Crippen LogP contribution in [0.1, 0.15) is 0 Å². The minimum Gasteiger partial charge on any atom is -0.496 e. The Kier molecular flexibility index (Phi) is 2.80. The van der Waals surface area contributed by atoms with Crippen molar-refractivity contribution in [3.63, 3.8) is 0 Å². The molecule has 3 rings (SSSR count). The van der Waals surface area contributed by atoms with Crippen molar-refractivity contribution in [2.45, 2.75) is 0 Å². The third-order valence-corrected chi connectivity index (χ3v) is 3.50. The number of hydrogen-bond acceptors (Lipinski definition) is 2. The third kappa shape index (κ3) is 1.78. The van der Waals surface area contributed by atoms with E-state index in [-0.39, 0.29) is 0 Å². The Bertz CT molecular complexity index is 706. The Hall–Kier alpha value is -1.81. The molecule has 0 N–H and O–H groups in total. The Morgan fingerprint density at radius 3 is 2.83 bits per heavy atom. The van der Waals surface area contributed by atoms with E-state index in [4.69, 9.17) is 4.74 Å². The van der Waals surface area contributed by atoms with E-state index in [1.807, 2.05) is 41.0 Å². The molecular weight excluding hydrogens is 292 g/mol. The van der Waals surface area contributed by atoms with Gasteiger partial charge < -0.3 is 4.74 Å². The largest absolute Gasteiger partial charge is 0.496 e. The zero-order valence-corrected chi connectivity index (χ0v) is 11.4. The number of benzene rings is 1. The summed E-state index contributed by atoms with van der Waals surface area (Å²) < 4.78 is 8.23. The van der Waals surface area contributed by atoms with E-state index in [1.54, 1.807) is 13.3 Å². The van der Waals surface area contributed by atoms with E-state index in [9.17, 15) is 0 Å². The lowest BCUT2D eigenvalue weighted by atomic mass is 10.1. The zero-order chi connectivity index (χ0) is 12.5. The van der Waals surface area contributed by atoms with E-state index in [0.717, 1.165) is 26.9 Å². The van der Waals surface area contributed by atoms with E-state index >= 15 is 0 Å². The van der Waals surface area contributed by atoms with Gasteiger partial charge in [0.2, 0.25) is 0 Å². The Morgan fingerprint density at radius 2 is 2.00 bits per heavy atom. The number of halogens is 1. The molecule has 0 atom stereocenters. The third-order valence-electron chi connectivity index (χ3n) is 2.89. The smallest absolute Gasteiger partial charge is 0.126 e. The van der Waals surface area contributed by atoms with Crippen molar-refractivity contribution < 1.29 is 4.74 Å². The highest BCUT2D eigenvalue weighted by molar-refractivity contribution is 9.10. The first-order valence-corrected chi connectivity index (χ1v) is 6.35. The molecule has 1 aromatic carbocycles. The SMILES string of the molecule is COc1ccccc1-c1ccc2c(Br)cnn2c1. The molecule has 2 aromatic heterocycles. The number of aromatic nitrogens is 2. The lowest BCUT2D eigenvalue weighted by Crippen LogP contribution is -1.91. The Labute approximate surface area is 113 Å². The summed E-state index contributed by atoms with van der Waals surface area (Å²) in [5.41, 5.74) is 3.19. The highest BCUT2D eigenvalue weighted by Crippen LogP contribution is 2.30. The van der Waals surface area contributed by atoms with Crippen LogP contribution >= 0.6 is 15.9 Å². The average molecular weight is 303 g/mol. The first kappa shape index (κ1) is 11.3. The molecule has 0 saturated carbocycles. The fourth-order valence-electron chi connectivity index (χ4n) is 2.00. The fourth-order valence-corrected chi connectivity index (χ4v) is 2.40. The van der Waals surface area contributed by atoms with Crippen molar-refractivity contribution in [2.24, 2.45) is 0 Å². The van der Waals surface area contributed by atoms with Crippen molar-refractivity contribution in [1.82, 2.24) is 9.61 Å². The molecule has 0 fully saturated rings. The van der Waals surface area contributed by atoms with Gasteiger partial charge >= 0.3 is 0 Å². The van der Waals surface area contributed by atoms with Crippen LogP contribution in [0.15, 0.2) is 53.3 Å². The molecule has 3 nitrogen and oxygen atoms in total. The van der Waals surface area contributed by atoms with Gasteiger partial charge in [0.25, 0.3) is 0 Å². The van der Waals surface area contributed by atoms with Gasteiger partial charge in [0, 0.05) is 17.3 Å². The first-order valence-electron chi connectivity index (χ1n) is 5.56. The number of ether oxygens (including phenoxy) is 1. The molecule has 0 spiro atoms. The number of para-hydroxylation sites is 1. The van der Waals surface area contributed by atoms with Gasteiger partial charge in [-0.3, -0.25) is 0 Å². The maximum absolute atomic E-state index is 5.38. The number of methoxy groups -OCH3 is 1. The number of rotatable bonds is 2. The first-order chi connectivity index (χ1) is 8.79. The van der Waals surface area contributed by atoms with Crippen molar-refractivity contribution in [2.75, 3.05) is 7.11 Å². The second-order valence-corrected chi connectivity index (χ2v) is 4.79. The van der Waals surface area contributed by atoms with Gasteiger partial charge in [0.15, 0.2) is 0 Å². The van der Waals surface area contributed by atoms with Gasteiger partial charge in [-0.1, -0.05) is 24.3 Å². The van der Waals surface area contributed by atoms with Gasteiger partial charge in [0.05, 0.1) is 23.3 Å². The summed E-state index contributed by atoms with van der Waals surface area (Å²) in [6, 6.07) is 12.1. The number of nitrogens with zero attached hydrogens (tertiary/aromatic N) is 2. The van der Waals surface area contributed by atoms with E-state index in [0.29, 0.717) is 0 Å². The number of hydrogen-bond donors (Lipinski definition) is 0. The molecule has 0 aliphatic carbocycles. The second kappa shape index (κ2) is 4.46. The minimum atomic E-state index is 0.864. The van der Waals surface area contributed by atoms with Crippen LogP contribution in [0.2, 0.25) is 0 Å². The Balaban J connectivity index is 2.19. The summed E-state index contributed by atoms with van der Waals surface area (Å²) in [6.07, 6.45) is 3.79. The second-order valence-electron chi connectivity index (χ2n) is 3.94. The molecule has 4 heteroatoms. The predicted octanol–water partition coefficient (Wildman–Crippen LogP) is 3.77.